The van der Waals surface area contributed by atoms with Crippen LogP contribution in [-0.2, 0) is 0 Å². The third-order valence-corrected chi connectivity index (χ3v) is 11.9. The van der Waals surface area contributed by atoms with Gasteiger partial charge in [-0.15, -0.1) is 0 Å². The zero-order chi connectivity index (χ0) is 41.0. The van der Waals surface area contributed by atoms with Crippen molar-refractivity contribution in [3.8, 4) is 78.4 Å². The molecule has 0 amide bonds. The summed E-state index contributed by atoms with van der Waals surface area (Å²) in [6, 6.07) is 76.2. The van der Waals surface area contributed by atoms with Crippen molar-refractivity contribution in [1.82, 2.24) is 9.97 Å². The van der Waals surface area contributed by atoms with Crippen molar-refractivity contribution in [1.29, 1.82) is 0 Å². The lowest BCUT2D eigenvalue weighted by atomic mass is 9.93. The Bertz CT molecular complexity index is 3410. The molecule has 12 rings (SSSR count). The van der Waals surface area contributed by atoms with E-state index in [9.17, 15) is 0 Å². The smallest absolute Gasteiger partial charge is 0.160 e. The summed E-state index contributed by atoms with van der Waals surface area (Å²) in [5.41, 5.74) is 16.5. The van der Waals surface area contributed by atoms with E-state index in [1.54, 1.807) is 0 Å². The van der Waals surface area contributed by atoms with Gasteiger partial charge in [0.05, 0.1) is 11.4 Å². The number of aromatic nitrogens is 2. The molecule has 3 heterocycles. The zero-order valence-corrected chi connectivity index (χ0v) is 33.5. The number of benzene rings is 9. The van der Waals surface area contributed by atoms with Crippen LogP contribution in [0.2, 0.25) is 0 Å². The summed E-state index contributed by atoms with van der Waals surface area (Å²) in [6.07, 6.45) is 0. The minimum atomic E-state index is 0.628. The van der Waals surface area contributed by atoms with E-state index in [2.05, 4.69) is 188 Å². The number of fused-ring (bicyclic) bond motifs is 6. The third kappa shape index (κ3) is 6.25. The maximum absolute atomic E-state index is 6.59. The summed E-state index contributed by atoms with van der Waals surface area (Å²) in [6.45, 7) is 0. The minimum absolute atomic E-state index is 0.628. The van der Waals surface area contributed by atoms with E-state index < -0.39 is 0 Å². The molecule has 0 saturated carbocycles. The highest BCUT2D eigenvalue weighted by molar-refractivity contribution is 6.11. The molecular weight excluding hydrogens is 757 g/mol. The minimum Gasteiger partial charge on any atom is -0.455 e. The van der Waals surface area contributed by atoms with Crippen LogP contribution in [0, 0.1) is 0 Å². The standard InChI is InChI=1S/C58H36N2O2/c1-4-16-37(17-5-1)40-30-42(46-24-14-26-50-48-22-10-12-28-54(48)61-56(46)50)34-44(32-40)53-36-52(39-20-8-3-9-21-39)59-58(60-53)45-33-41(38-18-6-2-7-19-38)31-43(35-45)47-25-15-27-51-49-23-11-13-29-55(49)62-57(47)51/h1-36H. The molecule has 62 heavy (non-hydrogen) atoms. The summed E-state index contributed by atoms with van der Waals surface area (Å²) in [4.78, 5) is 10.8. The number of hydrogen-bond acceptors (Lipinski definition) is 4. The van der Waals surface area contributed by atoms with Crippen LogP contribution < -0.4 is 0 Å². The number of nitrogens with zero attached hydrogens (tertiary/aromatic N) is 2. The van der Waals surface area contributed by atoms with Gasteiger partial charge in [0.25, 0.3) is 0 Å². The fourth-order valence-electron chi connectivity index (χ4n) is 8.87. The van der Waals surface area contributed by atoms with Crippen molar-refractivity contribution in [3.63, 3.8) is 0 Å². The Morgan fingerprint density at radius 3 is 1.18 bits per heavy atom. The Kier molecular flexibility index (Phi) is 8.46. The van der Waals surface area contributed by atoms with Crippen LogP contribution in [0.25, 0.3) is 122 Å². The van der Waals surface area contributed by atoms with E-state index in [0.717, 1.165) is 116 Å². The van der Waals surface area contributed by atoms with Gasteiger partial charge in [-0.25, -0.2) is 9.97 Å². The summed E-state index contributed by atoms with van der Waals surface area (Å²) >= 11 is 0. The Balaban J connectivity index is 1.10. The molecule has 0 saturated heterocycles. The monoisotopic (exact) mass is 792 g/mol. The number of rotatable bonds is 7. The summed E-state index contributed by atoms with van der Waals surface area (Å²) < 4.78 is 13.2. The lowest BCUT2D eigenvalue weighted by molar-refractivity contribution is 0.669. The molecule has 0 N–H and O–H groups in total. The molecule has 0 aliphatic carbocycles. The highest BCUT2D eigenvalue weighted by Gasteiger charge is 2.19. The Morgan fingerprint density at radius 1 is 0.258 bits per heavy atom. The van der Waals surface area contributed by atoms with E-state index in [1.807, 2.05) is 30.3 Å². The van der Waals surface area contributed by atoms with Gasteiger partial charge in [0.2, 0.25) is 0 Å². The first-order chi connectivity index (χ1) is 30.7. The second kappa shape index (κ2) is 14.7. The molecule has 0 bridgehead atoms. The molecule has 0 aliphatic rings. The quantitative estimate of drug-likeness (QED) is 0.161. The van der Waals surface area contributed by atoms with Crippen molar-refractivity contribution < 1.29 is 8.83 Å². The van der Waals surface area contributed by atoms with Gasteiger partial charge < -0.3 is 8.83 Å². The summed E-state index contributed by atoms with van der Waals surface area (Å²) in [7, 11) is 0. The Labute approximate surface area is 358 Å². The van der Waals surface area contributed by atoms with Crippen LogP contribution in [-0.4, -0.2) is 9.97 Å². The molecule has 9 aromatic carbocycles. The van der Waals surface area contributed by atoms with Crippen molar-refractivity contribution in [2.24, 2.45) is 0 Å². The molecule has 0 spiro atoms. The van der Waals surface area contributed by atoms with Crippen LogP contribution in [0.3, 0.4) is 0 Å². The zero-order valence-electron chi connectivity index (χ0n) is 33.5. The molecule has 0 radical (unpaired) electrons. The lowest BCUT2D eigenvalue weighted by Crippen LogP contribution is -1.97. The topological polar surface area (TPSA) is 52.1 Å². The summed E-state index contributed by atoms with van der Waals surface area (Å²) in [5.74, 6) is 0.628. The average Bonchev–Trinajstić information content (AvgIpc) is 3.93. The second-order valence-electron chi connectivity index (χ2n) is 15.7. The van der Waals surface area contributed by atoms with Crippen molar-refractivity contribution >= 4 is 43.9 Å². The van der Waals surface area contributed by atoms with E-state index >= 15 is 0 Å². The molecule has 290 valence electrons. The highest BCUT2D eigenvalue weighted by atomic mass is 16.3. The lowest BCUT2D eigenvalue weighted by Gasteiger charge is -2.15. The van der Waals surface area contributed by atoms with Crippen molar-refractivity contribution in [2.45, 2.75) is 0 Å². The molecule has 0 atom stereocenters. The fraction of sp³-hybridized carbons (Fsp3) is 0. The van der Waals surface area contributed by atoms with Crippen LogP contribution in [0.4, 0.5) is 0 Å². The molecule has 0 aliphatic heterocycles. The third-order valence-electron chi connectivity index (χ3n) is 11.9. The van der Waals surface area contributed by atoms with Gasteiger partial charge in [-0.1, -0.05) is 164 Å². The maximum Gasteiger partial charge on any atom is 0.160 e. The summed E-state index contributed by atoms with van der Waals surface area (Å²) in [5, 5.41) is 4.38. The maximum atomic E-state index is 6.59. The number of hydrogen-bond donors (Lipinski definition) is 0. The predicted molar refractivity (Wildman–Crippen MR) is 255 cm³/mol. The largest absolute Gasteiger partial charge is 0.455 e. The average molecular weight is 793 g/mol. The molecular formula is C58H36N2O2. The molecule has 3 aromatic heterocycles. The van der Waals surface area contributed by atoms with Crippen LogP contribution in [0.15, 0.2) is 227 Å². The first kappa shape index (κ1) is 35.6. The van der Waals surface area contributed by atoms with Gasteiger partial charge in [-0.3, -0.25) is 0 Å². The van der Waals surface area contributed by atoms with Gasteiger partial charge in [0.15, 0.2) is 5.82 Å². The fourth-order valence-corrected chi connectivity index (χ4v) is 8.87. The molecule has 0 fully saturated rings. The van der Waals surface area contributed by atoms with Crippen LogP contribution >= 0.6 is 0 Å². The SMILES string of the molecule is c1ccc(-c2cc(-c3cc(-c4ccccc4)nc(-c4cc(-c5ccccc5)cc(-c5cccc6c5oc5ccccc56)c4)n3)cc(-c3cccc4c3oc3ccccc34)c2)cc1. The van der Waals surface area contributed by atoms with E-state index in [1.165, 1.54) is 0 Å². The first-order valence-electron chi connectivity index (χ1n) is 20.9. The van der Waals surface area contributed by atoms with Crippen LogP contribution in [0.1, 0.15) is 0 Å². The van der Waals surface area contributed by atoms with E-state index in [-0.39, 0.29) is 0 Å². The van der Waals surface area contributed by atoms with Gasteiger partial charge in [0, 0.05) is 49.4 Å². The highest BCUT2D eigenvalue weighted by Crippen LogP contribution is 2.42. The molecule has 4 nitrogen and oxygen atoms in total. The van der Waals surface area contributed by atoms with E-state index in [0.29, 0.717) is 5.82 Å². The van der Waals surface area contributed by atoms with E-state index in [4.69, 9.17) is 18.8 Å². The second-order valence-corrected chi connectivity index (χ2v) is 15.7. The first-order valence-corrected chi connectivity index (χ1v) is 20.9. The van der Waals surface area contributed by atoms with Crippen molar-refractivity contribution in [3.05, 3.63) is 218 Å². The van der Waals surface area contributed by atoms with Gasteiger partial charge in [0.1, 0.15) is 22.3 Å². The molecule has 4 heteroatoms. The number of para-hydroxylation sites is 4. The Morgan fingerprint density at radius 2 is 0.645 bits per heavy atom. The van der Waals surface area contributed by atoms with Crippen LogP contribution in [0.5, 0.6) is 0 Å². The molecule has 0 unspecified atom stereocenters. The predicted octanol–water partition coefficient (Wildman–Crippen LogP) is 15.9. The molecule has 12 aromatic rings. The van der Waals surface area contributed by atoms with Gasteiger partial charge >= 0.3 is 0 Å². The number of furan rings is 2. The van der Waals surface area contributed by atoms with Gasteiger partial charge in [-0.2, -0.15) is 0 Å². The Hall–Kier alpha value is -8.34. The normalized spacial score (nSPS) is 11.5. The van der Waals surface area contributed by atoms with Crippen molar-refractivity contribution in [2.75, 3.05) is 0 Å². The van der Waals surface area contributed by atoms with Gasteiger partial charge in [-0.05, 0) is 88.0 Å².